The van der Waals surface area contributed by atoms with E-state index in [4.69, 9.17) is 4.74 Å². The molecule has 0 radical (unpaired) electrons. The fraction of sp³-hybridized carbons (Fsp3) is 0.435. The number of amides is 1. The van der Waals surface area contributed by atoms with Gasteiger partial charge in [-0.2, -0.15) is 0 Å². The molecule has 0 spiro atoms. The molecule has 0 aromatic heterocycles. The average molecular weight is 367 g/mol. The molecule has 144 valence electrons. The van der Waals surface area contributed by atoms with Crippen LogP contribution in [0.5, 0.6) is 5.75 Å². The standard InChI is InChI=1S/C23H30N2O2/c1-18-9-8-12-22(19(18)2)27-17-23(26)24-15-20-10-4-5-11-21(20)16-25-13-6-3-7-14-25/h4-5,8-12H,3,6-7,13-17H2,1-2H3,(H,24,26). The van der Waals surface area contributed by atoms with Crippen LogP contribution in [0, 0.1) is 13.8 Å². The van der Waals surface area contributed by atoms with Crippen LogP contribution in [-0.4, -0.2) is 30.5 Å². The Morgan fingerprint density at radius 3 is 2.52 bits per heavy atom. The van der Waals surface area contributed by atoms with E-state index in [0.717, 1.165) is 17.9 Å². The van der Waals surface area contributed by atoms with Crippen LogP contribution < -0.4 is 10.1 Å². The molecule has 2 aromatic rings. The van der Waals surface area contributed by atoms with Crippen molar-refractivity contribution in [2.45, 2.75) is 46.2 Å². The topological polar surface area (TPSA) is 41.6 Å². The van der Waals surface area contributed by atoms with E-state index in [1.54, 1.807) is 0 Å². The van der Waals surface area contributed by atoms with Gasteiger partial charge in [-0.1, -0.05) is 42.8 Å². The number of aryl methyl sites for hydroxylation is 1. The number of nitrogens with one attached hydrogen (secondary N) is 1. The Hall–Kier alpha value is -2.33. The largest absolute Gasteiger partial charge is 0.483 e. The van der Waals surface area contributed by atoms with Crippen LogP contribution in [0.3, 0.4) is 0 Å². The third-order valence-electron chi connectivity index (χ3n) is 5.35. The summed E-state index contributed by atoms with van der Waals surface area (Å²) in [6.07, 6.45) is 3.91. The van der Waals surface area contributed by atoms with Crippen molar-refractivity contribution in [3.05, 3.63) is 64.7 Å². The molecule has 1 amide bonds. The number of benzene rings is 2. The van der Waals surface area contributed by atoms with Gasteiger partial charge in [-0.25, -0.2) is 0 Å². The zero-order chi connectivity index (χ0) is 19.1. The fourth-order valence-electron chi connectivity index (χ4n) is 3.51. The van der Waals surface area contributed by atoms with Crippen molar-refractivity contribution >= 4 is 5.91 Å². The fourth-order valence-corrected chi connectivity index (χ4v) is 3.51. The molecule has 0 saturated carbocycles. The van der Waals surface area contributed by atoms with Crippen LogP contribution >= 0.6 is 0 Å². The molecular weight excluding hydrogens is 336 g/mol. The summed E-state index contributed by atoms with van der Waals surface area (Å²) in [6.45, 7) is 7.94. The first-order chi connectivity index (χ1) is 13.1. The quantitative estimate of drug-likeness (QED) is 0.806. The van der Waals surface area contributed by atoms with E-state index in [2.05, 4.69) is 28.4 Å². The first-order valence-corrected chi connectivity index (χ1v) is 9.88. The van der Waals surface area contributed by atoms with Crippen LogP contribution in [0.25, 0.3) is 0 Å². The first-order valence-electron chi connectivity index (χ1n) is 9.88. The number of hydrogen-bond acceptors (Lipinski definition) is 3. The molecule has 4 nitrogen and oxygen atoms in total. The molecule has 1 saturated heterocycles. The summed E-state index contributed by atoms with van der Waals surface area (Å²) in [5.74, 6) is 0.680. The molecule has 27 heavy (non-hydrogen) atoms. The first kappa shape index (κ1) is 19.4. The van der Waals surface area contributed by atoms with Crippen LogP contribution in [-0.2, 0) is 17.9 Å². The van der Waals surface area contributed by atoms with Crippen molar-refractivity contribution in [1.82, 2.24) is 10.2 Å². The minimum atomic E-state index is -0.0938. The smallest absolute Gasteiger partial charge is 0.258 e. The SMILES string of the molecule is Cc1cccc(OCC(=O)NCc2ccccc2CN2CCCCC2)c1C. The molecule has 0 aliphatic carbocycles. The van der Waals surface area contributed by atoms with Gasteiger partial charge in [0.1, 0.15) is 5.75 Å². The molecule has 1 aliphatic heterocycles. The van der Waals surface area contributed by atoms with Crippen molar-refractivity contribution in [3.63, 3.8) is 0 Å². The Kier molecular flexibility index (Phi) is 6.88. The van der Waals surface area contributed by atoms with Crippen molar-refractivity contribution in [2.75, 3.05) is 19.7 Å². The van der Waals surface area contributed by atoms with E-state index in [-0.39, 0.29) is 12.5 Å². The van der Waals surface area contributed by atoms with Gasteiger partial charge in [0.2, 0.25) is 0 Å². The number of rotatable bonds is 7. The van der Waals surface area contributed by atoms with Crippen molar-refractivity contribution in [1.29, 1.82) is 0 Å². The predicted molar refractivity (Wildman–Crippen MR) is 109 cm³/mol. The molecule has 0 atom stereocenters. The second kappa shape index (κ2) is 9.56. The van der Waals surface area contributed by atoms with Gasteiger partial charge in [0.15, 0.2) is 6.61 Å². The number of hydrogen-bond donors (Lipinski definition) is 1. The second-order valence-corrected chi connectivity index (χ2v) is 7.37. The third-order valence-corrected chi connectivity index (χ3v) is 5.35. The van der Waals surface area contributed by atoms with Gasteiger partial charge in [-0.15, -0.1) is 0 Å². The molecule has 2 aromatic carbocycles. The lowest BCUT2D eigenvalue weighted by Crippen LogP contribution is -2.31. The maximum absolute atomic E-state index is 12.2. The highest BCUT2D eigenvalue weighted by Gasteiger charge is 2.13. The Balaban J connectivity index is 1.52. The molecule has 3 rings (SSSR count). The van der Waals surface area contributed by atoms with Gasteiger partial charge in [0, 0.05) is 13.1 Å². The minimum Gasteiger partial charge on any atom is -0.483 e. The van der Waals surface area contributed by atoms with E-state index < -0.39 is 0 Å². The van der Waals surface area contributed by atoms with Crippen molar-refractivity contribution < 1.29 is 9.53 Å². The summed E-state index contributed by atoms with van der Waals surface area (Å²) in [6, 6.07) is 14.3. The molecule has 0 unspecified atom stereocenters. The molecule has 1 heterocycles. The van der Waals surface area contributed by atoms with Gasteiger partial charge in [-0.3, -0.25) is 9.69 Å². The zero-order valence-corrected chi connectivity index (χ0v) is 16.5. The van der Waals surface area contributed by atoms with Gasteiger partial charge < -0.3 is 10.1 Å². The van der Waals surface area contributed by atoms with Gasteiger partial charge in [0.05, 0.1) is 0 Å². The van der Waals surface area contributed by atoms with Crippen LogP contribution in [0.1, 0.15) is 41.5 Å². The molecule has 0 bridgehead atoms. The maximum Gasteiger partial charge on any atom is 0.258 e. The highest BCUT2D eigenvalue weighted by molar-refractivity contribution is 5.77. The van der Waals surface area contributed by atoms with E-state index >= 15 is 0 Å². The number of likely N-dealkylation sites (tertiary alicyclic amines) is 1. The number of carbonyl (C=O) groups excluding carboxylic acids is 1. The zero-order valence-electron chi connectivity index (χ0n) is 16.5. The lowest BCUT2D eigenvalue weighted by atomic mass is 10.0. The monoisotopic (exact) mass is 366 g/mol. The molecule has 1 fully saturated rings. The molecule has 1 aliphatic rings. The van der Waals surface area contributed by atoms with E-state index in [9.17, 15) is 4.79 Å². The van der Waals surface area contributed by atoms with Crippen LogP contribution in [0.4, 0.5) is 0 Å². The lowest BCUT2D eigenvalue weighted by molar-refractivity contribution is -0.123. The molecule has 1 N–H and O–H groups in total. The number of piperidine rings is 1. The van der Waals surface area contributed by atoms with E-state index in [0.29, 0.717) is 6.54 Å². The average Bonchev–Trinajstić information content (AvgIpc) is 2.69. The Bertz CT molecular complexity index is 767. The third kappa shape index (κ3) is 5.57. The van der Waals surface area contributed by atoms with Crippen LogP contribution in [0.2, 0.25) is 0 Å². The number of nitrogens with zero attached hydrogens (tertiary/aromatic N) is 1. The van der Waals surface area contributed by atoms with Crippen molar-refractivity contribution in [3.8, 4) is 5.75 Å². The highest BCUT2D eigenvalue weighted by atomic mass is 16.5. The number of ether oxygens (including phenoxy) is 1. The van der Waals surface area contributed by atoms with Gasteiger partial charge in [-0.05, 0) is 68.1 Å². The maximum atomic E-state index is 12.2. The van der Waals surface area contributed by atoms with E-state index in [1.807, 2.05) is 38.1 Å². The van der Waals surface area contributed by atoms with E-state index in [1.165, 1.54) is 49.0 Å². The number of carbonyl (C=O) groups is 1. The summed E-state index contributed by atoms with van der Waals surface area (Å²) in [5.41, 5.74) is 4.73. The minimum absolute atomic E-state index is 0.0403. The summed E-state index contributed by atoms with van der Waals surface area (Å²) in [5, 5.41) is 3.00. The van der Waals surface area contributed by atoms with Gasteiger partial charge in [0.25, 0.3) is 5.91 Å². The normalized spacial score (nSPS) is 14.7. The molecular formula is C23H30N2O2. The summed E-state index contributed by atoms with van der Waals surface area (Å²) in [7, 11) is 0. The summed E-state index contributed by atoms with van der Waals surface area (Å²) < 4.78 is 5.70. The molecule has 4 heteroatoms. The second-order valence-electron chi connectivity index (χ2n) is 7.37. The van der Waals surface area contributed by atoms with Gasteiger partial charge >= 0.3 is 0 Å². The Labute approximate surface area is 162 Å². The highest BCUT2D eigenvalue weighted by Crippen LogP contribution is 2.20. The Morgan fingerprint density at radius 2 is 1.74 bits per heavy atom. The summed E-state index contributed by atoms with van der Waals surface area (Å²) >= 11 is 0. The summed E-state index contributed by atoms with van der Waals surface area (Å²) in [4.78, 5) is 14.7. The van der Waals surface area contributed by atoms with Crippen LogP contribution in [0.15, 0.2) is 42.5 Å². The lowest BCUT2D eigenvalue weighted by Gasteiger charge is -2.27. The predicted octanol–water partition coefficient (Wildman–Crippen LogP) is 3.98. The Morgan fingerprint density at radius 1 is 1.00 bits per heavy atom. The van der Waals surface area contributed by atoms with Crippen molar-refractivity contribution in [2.24, 2.45) is 0 Å².